The molecular formula is C13H16N4O2. The van der Waals surface area contributed by atoms with Gasteiger partial charge in [-0.1, -0.05) is 0 Å². The summed E-state index contributed by atoms with van der Waals surface area (Å²) in [6, 6.07) is 5.63. The number of esters is 1. The van der Waals surface area contributed by atoms with Crippen molar-refractivity contribution in [1.29, 1.82) is 5.26 Å². The van der Waals surface area contributed by atoms with Gasteiger partial charge in [0, 0.05) is 26.2 Å². The van der Waals surface area contributed by atoms with Crippen LogP contribution in [0.5, 0.6) is 0 Å². The van der Waals surface area contributed by atoms with Gasteiger partial charge in [0.2, 0.25) is 0 Å². The lowest BCUT2D eigenvalue weighted by molar-refractivity contribution is -0.142. The molecule has 1 aromatic heterocycles. The van der Waals surface area contributed by atoms with Gasteiger partial charge >= 0.3 is 5.97 Å². The van der Waals surface area contributed by atoms with Crippen LogP contribution in [-0.4, -0.2) is 55.7 Å². The zero-order valence-corrected chi connectivity index (χ0v) is 10.9. The van der Waals surface area contributed by atoms with Gasteiger partial charge in [0.1, 0.15) is 11.8 Å². The number of rotatable bonds is 3. The molecule has 1 aromatic rings. The fraction of sp³-hybridized carbons (Fsp3) is 0.462. The molecule has 0 saturated carbocycles. The lowest BCUT2D eigenvalue weighted by atomic mass is 10.2. The molecule has 0 amide bonds. The van der Waals surface area contributed by atoms with Crippen LogP contribution in [0.15, 0.2) is 18.3 Å². The SMILES string of the molecule is COC(=O)CN1CCN(c2ccc(C#N)nc2)CC1. The van der Waals surface area contributed by atoms with Crippen LogP contribution in [0.1, 0.15) is 5.69 Å². The summed E-state index contributed by atoms with van der Waals surface area (Å²) in [7, 11) is 1.40. The molecule has 0 bridgehead atoms. The maximum absolute atomic E-state index is 11.2. The zero-order chi connectivity index (χ0) is 13.7. The Morgan fingerprint density at radius 2 is 2.16 bits per heavy atom. The number of piperazine rings is 1. The van der Waals surface area contributed by atoms with Crippen molar-refractivity contribution in [2.45, 2.75) is 0 Å². The van der Waals surface area contributed by atoms with Gasteiger partial charge in [-0.25, -0.2) is 4.98 Å². The first-order chi connectivity index (χ1) is 9.22. The predicted molar refractivity (Wildman–Crippen MR) is 69.6 cm³/mol. The number of nitrogens with zero attached hydrogens (tertiary/aromatic N) is 4. The Hall–Kier alpha value is -2.13. The van der Waals surface area contributed by atoms with Crippen molar-refractivity contribution < 1.29 is 9.53 Å². The van der Waals surface area contributed by atoms with Gasteiger partial charge in [-0.05, 0) is 12.1 Å². The topological polar surface area (TPSA) is 69.5 Å². The summed E-state index contributed by atoms with van der Waals surface area (Å²) in [5.74, 6) is -0.200. The number of anilines is 1. The lowest BCUT2D eigenvalue weighted by Crippen LogP contribution is -2.48. The summed E-state index contributed by atoms with van der Waals surface area (Å²) in [6.07, 6.45) is 1.72. The van der Waals surface area contributed by atoms with Crippen molar-refractivity contribution in [1.82, 2.24) is 9.88 Å². The average molecular weight is 260 g/mol. The van der Waals surface area contributed by atoms with Crippen LogP contribution in [-0.2, 0) is 9.53 Å². The van der Waals surface area contributed by atoms with E-state index in [0.717, 1.165) is 31.9 Å². The number of hydrogen-bond acceptors (Lipinski definition) is 6. The summed E-state index contributed by atoms with van der Waals surface area (Å²) >= 11 is 0. The first-order valence-electron chi connectivity index (χ1n) is 6.13. The lowest BCUT2D eigenvalue weighted by Gasteiger charge is -2.35. The third-order valence-corrected chi connectivity index (χ3v) is 3.18. The van der Waals surface area contributed by atoms with Gasteiger partial charge in [0.15, 0.2) is 0 Å². The molecule has 6 nitrogen and oxygen atoms in total. The molecule has 100 valence electrons. The van der Waals surface area contributed by atoms with Gasteiger partial charge in [-0.3, -0.25) is 9.69 Å². The average Bonchev–Trinajstić information content (AvgIpc) is 2.48. The Bertz CT molecular complexity index is 472. The number of hydrogen-bond donors (Lipinski definition) is 0. The predicted octanol–water partition coefficient (Wildman–Crippen LogP) is 0.248. The van der Waals surface area contributed by atoms with E-state index < -0.39 is 0 Å². The van der Waals surface area contributed by atoms with Crippen molar-refractivity contribution in [3.8, 4) is 6.07 Å². The smallest absolute Gasteiger partial charge is 0.319 e. The molecular weight excluding hydrogens is 244 g/mol. The largest absolute Gasteiger partial charge is 0.468 e. The van der Waals surface area contributed by atoms with Crippen molar-refractivity contribution in [3.05, 3.63) is 24.0 Å². The molecule has 6 heteroatoms. The highest BCUT2D eigenvalue weighted by Gasteiger charge is 2.19. The first-order valence-corrected chi connectivity index (χ1v) is 6.13. The Balaban J connectivity index is 1.89. The van der Waals surface area contributed by atoms with Crippen molar-refractivity contribution in [3.63, 3.8) is 0 Å². The second-order valence-electron chi connectivity index (χ2n) is 4.35. The molecule has 0 N–H and O–H groups in total. The van der Waals surface area contributed by atoms with Crippen LogP contribution in [0.4, 0.5) is 5.69 Å². The fourth-order valence-corrected chi connectivity index (χ4v) is 2.05. The summed E-state index contributed by atoms with van der Waals surface area (Å²) in [4.78, 5) is 19.5. The van der Waals surface area contributed by atoms with E-state index in [-0.39, 0.29) is 5.97 Å². The van der Waals surface area contributed by atoms with Crippen LogP contribution in [0, 0.1) is 11.3 Å². The van der Waals surface area contributed by atoms with Crippen molar-refractivity contribution >= 4 is 11.7 Å². The molecule has 2 rings (SSSR count). The Kier molecular flexibility index (Phi) is 4.31. The Morgan fingerprint density at radius 1 is 1.42 bits per heavy atom. The van der Waals surface area contributed by atoms with Gasteiger partial charge in [0.05, 0.1) is 25.5 Å². The number of nitriles is 1. The second-order valence-corrected chi connectivity index (χ2v) is 4.35. The van der Waals surface area contributed by atoms with E-state index >= 15 is 0 Å². The molecule has 0 radical (unpaired) electrons. The van der Waals surface area contributed by atoms with Gasteiger partial charge < -0.3 is 9.64 Å². The quantitative estimate of drug-likeness (QED) is 0.726. The maximum atomic E-state index is 11.2. The van der Waals surface area contributed by atoms with Crippen LogP contribution >= 0.6 is 0 Å². The molecule has 2 heterocycles. The van der Waals surface area contributed by atoms with E-state index in [1.165, 1.54) is 7.11 Å². The van der Waals surface area contributed by atoms with Gasteiger partial charge in [0.25, 0.3) is 0 Å². The van der Waals surface area contributed by atoms with Crippen LogP contribution in [0.3, 0.4) is 0 Å². The van der Waals surface area contributed by atoms with E-state index in [9.17, 15) is 4.79 Å². The molecule has 0 spiro atoms. The highest BCUT2D eigenvalue weighted by atomic mass is 16.5. The van der Waals surface area contributed by atoms with E-state index in [1.807, 2.05) is 12.1 Å². The molecule has 1 fully saturated rings. The molecule has 0 aromatic carbocycles. The standard InChI is InChI=1S/C13H16N4O2/c1-19-13(18)10-16-4-6-17(7-5-16)12-3-2-11(8-14)15-9-12/h2-3,9H,4-7,10H2,1H3. The van der Waals surface area contributed by atoms with Crippen molar-refractivity contribution in [2.24, 2.45) is 0 Å². The molecule has 19 heavy (non-hydrogen) atoms. The maximum Gasteiger partial charge on any atom is 0.319 e. The number of methoxy groups -OCH3 is 1. The molecule has 0 atom stereocenters. The summed E-state index contributed by atoms with van der Waals surface area (Å²) in [5.41, 5.74) is 1.43. The van der Waals surface area contributed by atoms with Crippen LogP contribution < -0.4 is 4.90 Å². The summed E-state index contributed by atoms with van der Waals surface area (Å²) in [5, 5.41) is 8.70. The van der Waals surface area contributed by atoms with Crippen LogP contribution in [0.2, 0.25) is 0 Å². The van der Waals surface area contributed by atoms with E-state index in [1.54, 1.807) is 12.3 Å². The number of ether oxygens (including phenoxy) is 1. The molecule has 1 saturated heterocycles. The number of carbonyl (C=O) groups excluding carboxylic acids is 1. The molecule has 0 unspecified atom stereocenters. The number of aromatic nitrogens is 1. The summed E-state index contributed by atoms with van der Waals surface area (Å²) < 4.78 is 4.66. The highest BCUT2D eigenvalue weighted by molar-refractivity contribution is 5.71. The third kappa shape index (κ3) is 3.42. The summed E-state index contributed by atoms with van der Waals surface area (Å²) in [6.45, 7) is 3.65. The molecule has 1 aliphatic heterocycles. The first kappa shape index (κ1) is 13.3. The zero-order valence-electron chi connectivity index (χ0n) is 10.9. The van der Waals surface area contributed by atoms with Crippen molar-refractivity contribution in [2.75, 3.05) is 44.7 Å². The minimum atomic E-state index is -0.200. The van der Waals surface area contributed by atoms with E-state index in [2.05, 4.69) is 19.5 Å². The van der Waals surface area contributed by atoms with Gasteiger partial charge in [-0.15, -0.1) is 0 Å². The Labute approximate surface area is 112 Å². The molecule has 1 aliphatic rings. The van der Waals surface area contributed by atoms with Gasteiger partial charge in [-0.2, -0.15) is 5.26 Å². The molecule has 0 aliphatic carbocycles. The third-order valence-electron chi connectivity index (χ3n) is 3.18. The Morgan fingerprint density at radius 3 is 2.68 bits per heavy atom. The minimum Gasteiger partial charge on any atom is -0.468 e. The monoisotopic (exact) mass is 260 g/mol. The van der Waals surface area contributed by atoms with E-state index in [4.69, 9.17) is 5.26 Å². The van der Waals surface area contributed by atoms with Crippen LogP contribution in [0.25, 0.3) is 0 Å². The van der Waals surface area contributed by atoms with E-state index in [0.29, 0.717) is 12.2 Å². The fourth-order valence-electron chi connectivity index (χ4n) is 2.05. The highest BCUT2D eigenvalue weighted by Crippen LogP contribution is 2.15. The number of carbonyl (C=O) groups is 1. The minimum absolute atomic E-state index is 0.200. The number of pyridine rings is 1. The second kappa shape index (κ2) is 6.16. The normalized spacial score (nSPS) is 15.9.